The van der Waals surface area contributed by atoms with Crippen molar-refractivity contribution in [2.75, 3.05) is 5.32 Å². The first-order valence-corrected chi connectivity index (χ1v) is 6.35. The van der Waals surface area contributed by atoms with Crippen molar-refractivity contribution in [2.45, 2.75) is 13.5 Å². The van der Waals surface area contributed by atoms with E-state index in [9.17, 15) is 0 Å². The molecule has 0 bridgehead atoms. The SMILES string of the molecule is Cc1ccsc1CNc1nccc(C(N)=S)n1. The average molecular weight is 264 g/mol. The molecular weight excluding hydrogens is 252 g/mol. The second-order valence-electron chi connectivity index (χ2n) is 3.51. The van der Waals surface area contributed by atoms with Crippen molar-refractivity contribution in [1.82, 2.24) is 9.97 Å². The molecule has 0 radical (unpaired) electrons. The number of anilines is 1. The molecule has 0 aliphatic heterocycles. The highest BCUT2D eigenvalue weighted by molar-refractivity contribution is 7.80. The number of thiophene rings is 1. The van der Waals surface area contributed by atoms with E-state index in [4.69, 9.17) is 18.0 Å². The Kier molecular flexibility index (Phi) is 3.65. The summed E-state index contributed by atoms with van der Waals surface area (Å²) in [5.74, 6) is 0.545. The summed E-state index contributed by atoms with van der Waals surface area (Å²) in [5.41, 5.74) is 7.37. The van der Waals surface area contributed by atoms with Gasteiger partial charge in [0.05, 0.1) is 6.54 Å². The van der Waals surface area contributed by atoms with E-state index in [-0.39, 0.29) is 4.99 Å². The molecule has 0 saturated carbocycles. The van der Waals surface area contributed by atoms with Gasteiger partial charge in [-0.1, -0.05) is 12.2 Å². The summed E-state index contributed by atoms with van der Waals surface area (Å²) in [4.78, 5) is 9.89. The molecule has 2 heterocycles. The third-order valence-electron chi connectivity index (χ3n) is 2.28. The van der Waals surface area contributed by atoms with Crippen LogP contribution in [0.4, 0.5) is 5.95 Å². The Morgan fingerprint density at radius 2 is 2.35 bits per heavy atom. The number of hydrogen-bond donors (Lipinski definition) is 2. The zero-order chi connectivity index (χ0) is 12.3. The van der Waals surface area contributed by atoms with E-state index >= 15 is 0 Å². The average Bonchev–Trinajstić information content (AvgIpc) is 2.72. The third-order valence-corrected chi connectivity index (χ3v) is 3.52. The van der Waals surface area contributed by atoms with Crippen LogP contribution >= 0.6 is 23.6 Å². The van der Waals surface area contributed by atoms with E-state index in [0.717, 1.165) is 0 Å². The molecule has 0 fully saturated rings. The van der Waals surface area contributed by atoms with Crippen molar-refractivity contribution in [3.8, 4) is 0 Å². The van der Waals surface area contributed by atoms with Gasteiger partial charge in [-0.15, -0.1) is 11.3 Å². The topological polar surface area (TPSA) is 63.8 Å². The lowest BCUT2D eigenvalue weighted by molar-refractivity contribution is 1.06. The van der Waals surface area contributed by atoms with E-state index in [0.29, 0.717) is 18.2 Å². The van der Waals surface area contributed by atoms with Gasteiger partial charge in [0, 0.05) is 11.1 Å². The minimum Gasteiger partial charge on any atom is -0.388 e. The molecule has 88 valence electrons. The van der Waals surface area contributed by atoms with Crippen molar-refractivity contribution in [3.63, 3.8) is 0 Å². The number of aryl methyl sites for hydroxylation is 1. The number of aromatic nitrogens is 2. The van der Waals surface area contributed by atoms with Crippen LogP contribution in [0.2, 0.25) is 0 Å². The minimum atomic E-state index is 0.280. The Morgan fingerprint density at radius 1 is 1.53 bits per heavy atom. The summed E-state index contributed by atoms with van der Waals surface area (Å²) in [5, 5.41) is 5.22. The summed E-state index contributed by atoms with van der Waals surface area (Å²) < 4.78 is 0. The van der Waals surface area contributed by atoms with Crippen molar-refractivity contribution < 1.29 is 0 Å². The normalized spacial score (nSPS) is 10.2. The standard InChI is InChI=1S/C11H12N4S2/c1-7-3-5-17-9(7)6-14-11-13-4-2-8(15-11)10(12)16/h2-5H,6H2,1H3,(H2,12,16)(H,13,14,15). The van der Waals surface area contributed by atoms with Crippen LogP contribution in [-0.2, 0) is 6.54 Å². The van der Waals surface area contributed by atoms with Crippen LogP contribution in [0.15, 0.2) is 23.7 Å². The lowest BCUT2D eigenvalue weighted by Gasteiger charge is -2.05. The number of nitrogens with two attached hydrogens (primary N) is 1. The lowest BCUT2D eigenvalue weighted by Crippen LogP contribution is -2.13. The largest absolute Gasteiger partial charge is 0.388 e. The van der Waals surface area contributed by atoms with Crippen LogP contribution in [0, 0.1) is 6.92 Å². The number of nitrogens with zero attached hydrogens (tertiary/aromatic N) is 2. The van der Waals surface area contributed by atoms with Gasteiger partial charge in [-0.3, -0.25) is 0 Å². The van der Waals surface area contributed by atoms with Gasteiger partial charge in [-0.25, -0.2) is 9.97 Å². The molecule has 3 N–H and O–H groups in total. The Balaban J connectivity index is 2.07. The fourth-order valence-corrected chi connectivity index (χ4v) is 2.29. The molecule has 0 aliphatic rings. The van der Waals surface area contributed by atoms with Crippen LogP contribution < -0.4 is 11.1 Å². The van der Waals surface area contributed by atoms with Crippen molar-refractivity contribution >= 4 is 34.5 Å². The van der Waals surface area contributed by atoms with Gasteiger partial charge in [0.15, 0.2) is 0 Å². The fraction of sp³-hybridized carbons (Fsp3) is 0.182. The van der Waals surface area contributed by atoms with E-state index in [1.165, 1.54) is 10.4 Å². The van der Waals surface area contributed by atoms with Crippen LogP contribution in [0.1, 0.15) is 16.1 Å². The number of rotatable bonds is 4. The Morgan fingerprint density at radius 3 is 3.00 bits per heavy atom. The van der Waals surface area contributed by atoms with Crippen molar-refractivity contribution in [1.29, 1.82) is 0 Å². The van der Waals surface area contributed by atoms with Crippen molar-refractivity contribution in [2.24, 2.45) is 5.73 Å². The smallest absolute Gasteiger partial charge is 0.223 e. The molecule has 0 unspecified atom stereocenters. The molecule has 0 amide bonds. The molecule has 0 aromatic carbocycles. The molecule has 0 atom stereocenters. The molecule has 2 aromatic rings. The lowest BCUT2D eigenvalue weighted by atomic mass is 10.3. The summed E-state index contributed by atoms with van der Waals surface area (Å²) in [7, 11) is 0. The maximum Gasteiger partial charge on any atom is 0.223 e. The Labute approximate surface area is 109 Å². The van der Waals surface area contributed by atoms with E-state index < -0.39 is 0 Å². The van der Waals surface area contributed by atoms with Gasteiger partial charge in [0.1, 0.15) is 10.7 Å². The summed E-state index contributed by atoms with van der Waals surface area (Å²) in [6.45, 7) is 2.80. The molecule has 2 aromatic heterocycles. The van der Waals surface area contributed by atoms with E-state index in [1.807, 2.05) is 0 Å². The second kappa shape index (κ2) is 5.20. The molecule has 2 rings (SSSR count). The Bertz CT molecular complexity index is 536. The number of nitrogens with one attached hydrogen (secondary N) is 1. The number of hydrogen-bond acceptors (Lipinski definition) is 5. The first-order valence-electron chi connectivity index (χ1n) is 5.06. The first kappa shape index (κ1) is 11.9. The van der Waals surface area contributed by atoms with Gasteiger partial charge in [-0.2, -0.15) is 0 Å². The monoisotopic (exact) mass is 264 g/mol. The van der Waals surface area contributed by atoms with Gasteiger partial charge in [0.25, 0.3) is 0 Å². The molecular formula is C11H12N4S2. The second-order valence-corrected chi connectivity index (χ2v) is 4.95. The zero-order valence-corrected chi connectivity index (χ0v) is 10.9. The van der Waals surface area contributed by atoms with Crippen LogP contribution in [0.25, 0.3) is 0 Å². The number of thiocarbonyl (C=S) groups is 1. The van der Waals surface area contributed by atoms with Crippen molar-refractivity contribution in [3.05, 3.63) is 39.8 Å². The summed E-state index contributed by atoms with van der Waals surface area (Å²) in [6.07, 6.45) is 1.64. The Hall–Kier alpha value is -1.53. The minimum absolute atomic E-state index is 0.280. The third kappa shape index (κ3) is 2.98. The van der Waals surface area contributed by atoms with Crippen LogP contribution in [-0.4, -0.2) is 15.0 Å². The van der Waals surface area contributed by atoms with E-state index in [2.05, 4.69) is 33.7 Å². The van der Waals surface area contributed by atoms with Crippen LogP contribution in [0.3, 0.4) is 0 Å². The molecule has 4 nitrogen and oxygen atoms in total. The highest BCUT2D eigenvalue weighted by Gasteiger charge is 2.03. The summed E-state index contributed by atoms with van der Waals surface area (Å²) in [6, 6.07) is 3.79. The van der Waals surface area contributed by atoms with Gasteiger partial charge < -0.3 is 11.1 Å². The van der Waals surface area contributed by atoms with Gasteiger partial charge in [0.2, 0.25) is 5.95 Å². The van der Waals surface area contributed by atoms with Crippen LogP contribution in [0.5, 0.6) is 0 Å². The molecule has 6 heteroatoms. The van der Waals surface area contributed by atoms with E-state index in [1.54, 1.807) is 23.6 Å². The van der Waals surface area contributed by atoms with Gasteiger partial charge >= 0.3 is 0 Å². The predicted octanol–water partition coefficient (Wildman–Crippen LogP) is 2.09. The molecule has 0 spiro atoms. The predicted molar refractivity (Wildman–Crippen MR) is 74.3 cm³/mol. The molecule has 0 saturated heterocycles. The van der Waals surface area contributed by atoms with Gasteiger partial charge in [-0.05, 0) is 30.0 Å². The molecule has 0 aliphatic carbocycles. The molecule has 17 heavy (non-hydrogen) atoms. The quantitative estimate of drug-likeness (QED) is 0.828. The summed E-state index contributed by atoms with van der Waals surface area (Å²) >= 11 is 6.58. The fourth-order valence-electron chi connectivity index (χ4n) is 1.33. The maximum atomic E-state index is 5.51. The zero-order valence-electron chi connectivity index (χ0n) is 9.30. The highest BCUT2D eigenvalue weighted by atomic mass is 32.1. The highest BCUT2D eigenvalue weighted by Crippen LogP contribution is 2.16. The first-order chi connectivity index (χ1) is 8.16. The maximum absolute atomic E-state index is 5.51.